The Morgan fingerprint density at radius 3 is 3.00 bits per heavy atom. The van der Waals surface area contributed by atoms with Crippen LogP contribution in [0.4, 0.5) is 0 Å². The van der Waals surface area contributed by atoms with E-state index in [9.17, 15) is 9.59 Å². The zero-order valence-electron chi connectivity index (χ0n) is 9.03. The van der Waals surface area contributed by atoms with Crippen LogP contribution in [0.3, 0.4) is 0 Å². The summed E-state index contributed by atoms with van der Waals surface area (Å²) >= 11 is 0. The molecule has 16 heavy (non-hydrogen) atoms. The summed E-state index contributed by atoms with van der Waals surface area (Å²) in [6.45, 7) is 0.408. The molecule has 2 rings (SSSR count). The zero-order chi connectivity index (χ0) is 11.5. The van der Waals surface area contributed by atoms with Gasteiger partial charge in [-0.1, -0.05) is 6.07 Å². The molecule has 0 saturated carbocycles. The van der Waals surface area contributed by atoms with Gasteiger partial charge in [0.25, 0.3) is 5.56 Å². The Morgan fingerprint density at radius 1 is 1.44 bits per heavy atom. The number of carbonyl (C=O) groups excluding carboxylic acids is 1. The predicted octanol–water partition coefficient (Wildman–Crippen LogP) is -0.283. The van der Waals surface area contributed by atoms with Gasteiger partial charge in [0, 0.05) is 24.7 Å². The second-order valence-electron chi connectivity index (χ2n) is 3.97. The van der Waals surface area contributed by atoms with Crippen molar-refractivity contribution in [3.05, 3.63) is 33.7 Å². The number of amides is 1. The monoisotopic (exact) mass is 221 g/mol. The second-order valence-corrected chi connectivity index (χ2v) is 3.97. The fourth-order valence-electron chi connectivity index (χ4n) is 2.16. The van der Waals surface area contributed by atoms with Crippen molar-refractivity contribution in [2.24, 2.45) is 5.84 Å². The van der Waals surface area contributed by atoms with Gasteiger partial charge in [0.15, 0.2) is 0 Å². The van der Waals surface area contributed by atoms with Crippen LogP contribution in [0.5, 0.6) is 0 Å². The van der Waals surface area contributed by atoms with Crippen LogP contribution in [0.2, 0.25) is 0 Å². The Kier molecular flexibility index (Phi) is 3.05. The molecule has 0 radical (unpaired) electrons. The number of nitrogens with two attached hydrogens (primary N) is 1. The van der Waals surface area contributed by atoms with Crippen LogP contribution >= 0.6 is 0 Å². The van der Waals surface area contributed by atoms with E-state index in [0.717, 1.165) is 25.0 Å². The molecule has 5 nitrogen and oxygen atoms in total. The second kappa shape index (κ2) is 4.49. The van der Waals surface area contributed by atoms with Crippen LogP contribution in [-0.4, -0.2) is 10.5 Å². The summed E-state index contributed by atoms with van der Waals surface area (Å²) in [4.78, 5) is 22.7. The maximum absolute atomic E-state index is 11.7. The first-order valence-corrected chi connectivity index (χ1v) is 5.43. The molecule has 1 amide bonds. The molecule has 0 atom stereocenters. The van der Waals surface area contributed by atoms with Crippen LogP contribution in [0.1, 0.15) is 24.1 Å². The van der Waals surface area contributed by atoms with Crippen molar-refractivity contribution in [1.29, 1.82) is 0 Å². The summed E-state index contributed by atoms with van der Waals surface area (Å²) < 4.78 is 1.69. The molecule has 1 aromatic heterocycles. The lowest BCUT2D eigenvalue weighted by molar-refractivity contribution is -0.121. The van der Waals surface area contributed by atoms with E-state index in [1.807, 2.05) is 6.07 Å². The Morgan fingerprint density at radius 2 is 2.25 bits per heavy atom. The average molecular weight is 221 g/mol. The van der Waals surface area contributed by atoms with Crippen molar-refractivity contribution in [2.45, 2.75) is 32.2 Å². The summed E-state index contributed by atoms with van der Waals surface area (Å²) in [7, 11) is 0. The van der Waals surface area contributed by atoms with Crippen molar-refractivity contribution in [3.8, 4) is 0 Å². The number of hydrogen-bond acceptors (Lipinski definition) is 3. The smallest absolute Gasteiger partial charge is 0.250 e. The number of hydrazine groups is 1. The fourth-order valence-corrected chi connectivity index (χ4v) is 2.16. The minimum absolute atomic E-state index is 0.0366. The molecule has 1 aliphatic carbocycles. The summed E-state index contributed by atoms with van der Waals surface area (Å²) in [6, 6.07) is 3.47. The molecule has 0 aromatic carbocycles. The Balaban J connectivity index is 2.23. The van der Waals surface area contributed by atoms with Crippen molar-refractivity contribution in [2.75, 3.05) is 0 Å². The first kappa shape index (κ1) is 10.9. The number of aryl methyl sites for hydroxylation is 1. The molecule has 1 heterocycles. The van der Waals surface area contributed by atoms with Crippen molar-refractivity contribution in [1.82, 2.24) is 9.99 Å². The van der Waals surface area contributed by atoms with E-state index in [1.165, 1.54) is 5.56 Å². The maximum Gasteiger partial charge on any atom is 0.250 e. The van der Waals surface area contributed by atoms with E-state index in [4.69, 9.17) is 5.84 Å². The normalized spacial score (nSPS) is 13.6. The highest BCUT2D eigenvalue weighted by atomic mass is 16.2. The van der Waals surface area contributed by atoms with Gasteiger partial charge in [-0.15, -0.1) is 0 Å². The van der Waals surface area contributed by atoms with Gasteiger partial charge in [-0.05, 0) is 24.8 Å². The van der Waals surface area contributed by atoms with Crippen LogP contribution in [0.25, 0.3) is 0 Å². The molecule has 5 heteroatoms. The molecule has 3 N–H and O–H groups in total. The van der Waals surface area contributed by atoms with Crippen molar-refractivity contribution < 1.29 is 4.79 Å². The number of aromatic nitrogens is 1. The van der Waals surface area contributed by atoms with Crippen LogP contribution in [0, 0.1) is 0 Å². The molecular weight excluding hydrogens is 206 g/mol. The number of hydrogen-bond donors (Lipinski definition) is 2. The minimum Gasteiger partial charge on any atom is -0.312 e. The number of nitrogens with one attached hydrogen (secondary N) is 1. The number of pyridine rings is 1. The predicted molar refractivity (Wildman–Crippen MR) is 59.7 cm³/mol. The van der Waals surface area contributed by atoms with Gasteiger partial charge in [0.2, 0.25) is 5.91 Å². The van der Waals surface area contributed by atoms with Crippen molar-refractivity contribution in [3.63, 3.8) is 0 Å². The van der Waals surface area contributed by atoms with Crippen LogP contribution < -0.4 is 16.8 Å². The average Bonchev–Trinajstić information content (AvgIpc) is 2.75. The van der Waals surface area contributed by atoms with E-state index < -0.39 is 0 Å². The largest absolute Gasteiger partial charge is 0.312 e. The molecule has 0 aliphatic heterocycles. The lowest BCUT2D eigenvalue weighted by Gasteiger charge is -2.10. The van der Waals surface area contributed by atoms with E-state index in [1.54, 1.807) is 10.6 Å². The molecule has 1 aliphatic rings. The van der Waals surface area contributed by atoms with Gasteiger partial charge in [-0.2, -0.15) is 0 Å². The summed E-state index contributed by atoms with van der Waals surface area (Å²) in [5, 5.41) is 0. The molecule has 0 saturated heterocycles. The maximum atomic E-state index is 11.7. The Labute approximate surface area is 93.2 Å². The number of nitrogens with zero attached hydrogens (tertiary/aromatic N) is 1. The standard InChI is InChI=1S/C11H15N3O2/c12-13-10(15)6-7-14-9-3-1-2-8(9)4-5-11(14)16/h4-5H,1-3,6-7,12H2,(H,13,15). The summed E-state index contributed by atoms with van der Waals surface area (Å²) in [6.07, 6.45) is 3.28. The van der Waals surface area contributed by atoms with E-state index >= 15 is 0 Å². The Bertz CT molecular complexity index is 465. The molecule has 0 fully saturated rings. The molecule has 0 bridgehead atoms. The number of fused-ring (bicyclic) bond motifs is 1. The summed E-state index contributed by atoms with van der Waals surface area (Å²) in [5.74, 6) is 4.75. The van der Waals surface area contributed by atoms with Crippen LogP contribution in [0.15, 0.2) is 16.9 Å². The third-order valence-electron chi connectivity index (χ3n) is 2.97. The SMILES string of the molecule is NNC(=O)CCn1c2c(ccc1=O)CCC2. The van der Waals surface area contributed by atoms with Gasteiger partial charge in [0.05, 0.1) is 0 Å². The highest BCUT2D eigenvalue weighted by molar-refractivity contribution is 5.75. The Hall–Kier alpha value is -1.62. The quantitative estimate of drug-likeness (QED) is 0.418. The van der Waals surface area contributed by atoms with Gasteiger partial charge >= 0.3 is 0 Å². The molecular formula is C11H15N3O2. The number of rotatable bonds is 3. The van der Waals surface area contributed by atoms with E-state index in [0.29, 0.717) is 6.54 Å². The fraction of sp³-hybridized carbons (Fsp3) is 0.455. The highest BCUT2D eigenvalue weighted by Gasteiger charge is 2.15. The van der Waals surface area contributed by atoms with Crippen LogP contribution in [-0.2, 0) is 24.2 Å². The third kappa shape index (κ3) is 1.99. The van der Waals surface area contributed by atoms with Gasteiger partial charge in [-0.3, -0.25) is 15.0 Å². The van der Waals surface area contributed by atoms with E-state index in [-0.39, 0.29) is 17.9 Å². The first-order chi connectivity index (χ1) is 7.72. The highest BCUT2D eigenvalue weighted by Crippen LogP contribution is 2.19. The molecule has 0 unspecified atom stereocenters. The topological polar surface area (TPSA) is 77.1 Å². The lowest BCUT2D eigenvalue weighted by Crippen LogP contribution is -2.32. The van der Waals surface area contributed by atoms with Crippen molar-refractivity contribution >= 4 is 5.91 Å². The third-order valence-corrected chi connectivity index (χ3v) is 2.97. The first-order valence-electron chi connectivity index (χ1n) is 5.43. The summed E-state index contributed by atoms with van der Waals surface area (Å²) in [5.41, 5.74) is 4.34. The lowest BCUT2D eigenvalue weighted by atomic mass is 10.2. The van der Waals surface area contributed by atoms with Gasteiger partial charge in [0.1, 0.15) is 0 Å². The molecule has 0 spiro atoms. The van der Waals surface area contributed by atoms with Gasteiger partial charge in [-0.25, -0.2) is 5.84 Å². The minimum atomic E-state index is -0.248. The van der Waals surface area contributed by atoms with Gasteiger partial charge < -0.3 is 4.57 Å². The molecule has 1 aromatic rings. The molecule has 86 valence electrons. The number of carbonyl (C=O) groups is 1. The van der Waals surface area contributed by atoms with E-state index in [2.05, 4.69) is 5.43 Å². The zero-order valence-corrected chi connectivity index (χ0v) is 9.03.